The summed E-state index contributed by atoms with van der Waals surface area (Å²) < 4.78 is 18.6. The van der Waals surface area contributed by atoms with Crippen molar-refractivity contribution in [1.82, 2.24) is 9.88 Å². The number of hydrogen-bond donors (Lipinski definition) is 0. The van der Waals surface area contributed by atoms with E-state index < -0.39 is 5.60 Å². The van der Waals surface area contributed by atoms with E-state index in [0.29, 0.717) is 19.5 Å². The number of halogens is 1. The highest BCUT2D eigenvalue weighted by atomic mass is 19.1. The average Bonchev–Trinajstić information content (AvgIpc) is 2.99. The van der Waals surface area contributed by atoms with Crippen LogP contribution in [0.15, 0.2) is 36.4 Å². The summed E-state index contributed by atoms with van der Waals surface area (Å²) >= 11 is 0. The Morgan fingerprint density at radius 3 is 2.45 bits per heavy atom. The van der Waals surface area contributed by atoms with Gasteiger partial charge in [-0.15, -0.1) is 0 Å². The van der Waals surface area contributed by atoms with Crippen molar-refractivity contribution in [2.24, 2.45) is 5.92 Å². The summed E-state index contributed by atoms with van der Waals surface area (Å²) in [5.74, 6) is -0.537. The van der Waals surface area contributed by atoms with E-state index in [9.17, 15) is 14.0 Å². The molecular weight excluding hydrogens is 395 g/mol. The Kier molecular flexibility index (Phi) is 5.82. The zero-order valence-electron chi connectivity index (χ0n) is 18.4. The van der Waals surface area contributed by atoms with Gasteiger partial charge in [0, 0.05) is 43.2 Å². The number of nitrogens with zero attached hydrogens (tertiary/aromatic N) is 2. The molecule has 2 aliphatic heterocycles. The minimum Gasteiger partial charge on any atom is -0.459 e. The smallest absolute Gasteiger partial charge is 0.310 e. The van der Waals surface area contributed by atoms with E-state index in [-0.39, 0.29) is 36.0 Å². The Bertz CT molecular complexity index is 979. The molecule has 1 amide bonds. The summed E-state index contributed by atoms with van der Waals surface area (Å²) in [5.41, 5.74) is 3.47. The van der Waals surface area contributed by atoms with Crippen molar-refractivity contribution < 1.29 is 18.7 Å². The van der Waals surface area contributed by atoms with Crippen LogP contribution < -0.4 is 0 Å². The van der Waals surface area contributed by atoms with E-state index in [1.165, 1.54) is 12.1 Å². The Morgan fingerprint density at radius 2 is 1.84 bits per heavy atom. The molecule has 4 rings (SSSR count). The molecule has 2 fully saturated rings. The van der Waals surface area contributed by atoms with Crippen LogP contribution in [0.1, 0.15) is 56.8 Å². The van der Waals surface area contributed by atoms with Gasteiger partial charge in [-0.25, -0.2) is 4.39 Å². The standard InChI is InChI=1S/C25H29FN2O3/c1-16-12-19(17-4-6-21(26)7-5-17)13-22(27-16)18-8-10-28(11-9-18)23(29)14-20-15-25(2,3)31-24(20)30/h4-7,12-13,18,20H,8-11,14-15H2,1-3H3. The highest BCUT2D eigenvalue weighted by Crippen LogP contribution is 2.34. The number of aromatic nitrogens is 1. The van der Waals surface area contributed by atoms with Crippen LogP contribution in [0.2, 0.25) is 0 Å². The molecule has 2 saturated heterocycles. The fourth-order valence-corrected chi connectivity index (χ4v) is 4.71. The van der Waals surface area contributed by atoms with Gasteiger partial charge in [0.1, 0.15) is 11.4 Å². The minimum atomic E-state index is -0.478. The molecule has 3 heterocycles. The predicted molar refractivity (Wildman–Crippen MR) is 116 cm³/mol. The maximum Gasteiger partial charge on any atom is 0.310 e. The highest BCUT2D eigenvalue weighted by molar-refractivity contribution is 5.84. The SMILES string of the molecule is Cc1cc(-c2ccc(F)cc2)cc(C2CCN(C(=O)CC3CC(C)(C)OC3=O)CC2)n1. The van der Waals surface area contributed by atoms with Gasteiger partial charge >= 0.3 is 5.97 Å². The molecule has 0 N–H and O–H groups in total. The van der Waals surface area contributed by atoms with E-state index in [1.807, 2.05) is 31.7 Å². The zero-order valence-corrected chi connectivity index (χ0v) is 18.4. The number of amides is 1. The van der Waals surface area contributed by atoms with Gasteiger partial charge in [0.2, 0.25) is 5.91 Å². The summed E-state index contributed by atoms with van der Waals surface area (Å²) in [6, 6.07) is 10.6. The van der Waals surface area contributed by atoms with Crippen LogP contribution in [-0.2, 0) is 14.3 Å². The predicted octanol–water partition coefficient (Wildman–Crippen LogP) is 4.63. The number of carbonyl (C=O) groups is 2. The van der Waals surface area contributed by atoms with Gasteiger partial charge in [-0.05, 0) is 69.0 Å². The van der Waals surface area contributed by atoms with Gasteiger partial charge in [0.05, 0.1) is 5.92 Å². The van der Waals surface area contributed by atoms with Crippen LogP contribution in [0.25, 0.3) is 11.1 Å². The van der Waals surface area contributed by atoms with Crippen LogP contribution in [0.3, 0.4) is 0 Å². The van der Waals surface area contributed by atoms with Crippen molar-refractivity contribution in [3.05, 3.63) is 53.6 Å². The number of carbonyl (C=O) groups excluding carboxylic acids is 2. The average molecular weight is 425 g/mol. The number of rotatable bonds is 4. The first-order valence-corrected chi connectivity index (χ1v) is 11.0. The van der Waals surface area contributed by atoms with Crippen LogP contribution in [0.4, 0.5) is 4.39 Å². The number of ether oxygens (including phenoxy) is 1. The molecule has 1 unspecified atom stereocenters. The van der Waals surface area contributed by atoms with Crippen LogP contribution in [-0.4, -0.2) is 40.5 Å². The second-order valence-corrected chi connectivity index (χ2v) is 9.37. The van der Waals surface area contributed by atoms with Gasteiger partial charge in [0.15, 0.2) is 0 Å². The number of aryl methyl sites for hydroxylation is 1. The fourth-order valence-electron chi connectivity index (χ4n) is 4.71. The first-order chi connectivity index (χ1) is 14.7. The molecule has 6 heteroatoms. The van der Waals surface area contributed by atoms with Crippen molar-refractivity contribution in [2.45, 2.75) is 58.0 Å². The lowest BCUT2D eigenvalue weighted by Crippen LogP contribution is -2.39. The molecular formula is C25H29FN2O3. The molecule has 1 atom stereocenters. The van der Waals surface area contributed by atoms with Gasteiger partial charge in [0.25, 0.3) is 0 Å². The van der Waals surface area contributed by atoms with Gasteiger partial charge < -0.3 is 9.64 Å². The molecule has 164 valence electrons. The largest absolute Gasteiger partial charge is 0.459 e. The molecule has 0 spiro atoms. The topological polar surface area (TPSA) is 59.5 Å². The summed E-state index contributed by atoms with van der Waals surface area (Å²) in [4.78, 5) is 31.4. The first-order valence-electron chi connectivity index (χ1n) is 11.0. The normalized spacial score (nSPS) is 21.2. The maximum absolute atomic E-state index is 13.3. The quantitative estimate of drug-likeness (QED) is 0.672. The number of benzene rings is 1. The highest BCUT2D eigenvalue weighted by Gasteiger charge is 2.41. The Hall–Kier alpha value is -2.76. The molecule has 0 saturated carbocycles. The van der Waals surface area contributed by atoms with Crippen molar-refractivity contribution in [3.63, 3.8) is 0 Å². The number of hydrogen-bond acceptors (Lipinski definition) is 4. The fraction of sp³-hybridized carbons (Fsp3) is 0.480. The Balaban J connectivity index is 1.39. The number of pyridine rings is 1. The lowest BCUT2D eigenvalue weighted by molar-refractivity contribution is -0.150. The molecule has 0 bridgehead atoms. The number of likely N-dealkylation sites (tertiary alicyclic amines) is 1. The van der Waals surface area contributed by atoms with E-state index in [1.54, 1.807) is 12.1 Å². The van der Waals surface area contributed by atoms with E-state index in [0.717, 1.165) is 35.4 Å². The van der Waals surface area contributed by atoms with Crippen LogP contribution >= 0.6 is 0 Å². The molecule has 1 aromatic carbocycles. The number of esters is 1. The monoisotopic (exact) mass is 424 g/mol. The van der Waals surface area contributed by atoms with Crippen molar-refractivity contribution >= 4 is 11.9 Å². The maximum atomic E-state index is 13.3. The van der Waals surface area contributed by atoms with Gasteiger partial charge in [-0.1, -0.05) is 12.1 Å². The second-order valence-electron chi connectivity index (χ2n) is 9.37. The Labute approximate surface area is 182 Å². The van der Waals surface area contributed by atoms with E-state index >= 15 is 0 Å². The zero-order chi connectivity index (χ0) is 22.2. The van der Waals surface area contributed by atoms with Gasteiger partial charge in [-0.3, -0.25) is 14.6 Å². The van der Waals surface area contributed by atoms with Gasteiger partial charge in [-0.2, -0.15) is 0 Å². The number of cyclic esters (lactones) is 1. The third-order valence-corrected chi connectivity index (χ3v) is 6.29. The summed E-state index contributed by atoms with van der Waals surface area (Å²) in [6.07, 6.45) is 2.50. The van der Waals surface area contributed by atoms with Crippen molar-refractivity contribution in [1.29, 1.82) is 0 Å². The lowest BCUT2D eigenvalue weighted by atomic mass is 9.90. The summed E-state index contributed by atoms with van der Waals surface area (Å²) in [6.45, 7) is 7.06. The molecule has 31 heavy (non-hydrogen) atoms. The Morgan fingerprint density at radius 1 is 1.16 bits per heavy atom. The van der Waals surface area contributed by atoms with Crippen molar-refractivity contribution in [3.8, 4) is 11.1 Å². The number of piperidine rings is 1. The third kappa shape index (κ3) is 4.94. The second kappa shape index (κ2) is 8.40. The molecule has 0 radical (unpaired) electrons. The molecule has 2 aromatic rings. The minimum absolute atomic E-state index is 0.0299. The summed E-state index contributed by atoms with van der Waals surface area (Å²) in [5, 5.41) is 0. The third-order valence-electron chi connectivity index (χ3n) is 6.29. The molecule has 5 nitrogen and oxygen atoms in total. The van der Waals surface area contributed by atoms with E-state index in [2.05, 4.69) is 6.07 Å². The molecule has 2 aliphatic rings. The lowest BCUT2D eigenvalue weighted by Gasteiger charge is -2.32. The van der Waals surface area contributed by atoms with Crippen molar-refractivity contribution in [2.75, 3.05) is 13.1 Å². The molecule has 0 aliphatic carbocycles. The van der Waals surface area contributed by atoms with E-state index in [4.69, 9.17) is 9.72 Å². The van der Waals surface area contributed by atoms with Crippen LogP contribution in [0.5, 0.6) is 0 Å². The molecule has 1 aromatic heterocycles. The first kappa shape index (κ1) is 21.5. The van der Waals surface area contributed by atoms with Crippen LogP contribution in [0, 0.1) is 18.7 Å². The summed E-state index contributed by atoms with van der Waals surface area (Å²) in [7, 11) is 0.